The van der Waals surface area contributed by atoms with E-state index >= 15 is 0 Å². The molecule has 1 aliphatic carbocycles. The highest BCUT2D eigenvalue weighted by atomic mass is 16.5. The summed E-state index contributed by atoms with van der Waals surface area (Å²) in [6, 6.07) is 0. The average molecular weight is 182 g/mol. The van der Waals surface area contributed by atoms with E-state index < -0.39 is 0 Å². The third-order valence-electron chi connectivity index (χ3n) is 2.27. The normalized spacial score (nSPS) is 26.5. The van der Waals surface area contributed by atoms with Crippen LogP contribution in [0.4, 0.5) is 0 Å². The van der Waals surface area contributed by atoms with E-state index in [0.29, 0.717) is 5.92 Å². The molecule has 0 aromatic carbocycles. The van der Waals surface area contributed by atoms with Crippen molar-refractivity contribution < 1.29 is 9.53 Å². The smallest absolute Gasteiger partial charge is 0.307 e. The van der Waals surface area contributed by atoms with Gasteiger partial charge in [-0.15, -0.1) is 0 Å². The highest BCUT2D eigenvalue weighted by molar-refractivity contribution is 5.67. The molecule has 0 N–H and O–H groups in total. The first-order valence-corrected chi connectivity index (χ1v) is 4.78. The van der Waals surface area contributed by atoms with Gasteiger partial charge in [0.15, 0.2) is 0 Å². The standard InChI is InChI=1S/C11H18O2/c1-8-5-10(13-9(2)12)7-11(3,4)6-8/h5,8H,6-7H2,1-4H3. The van der Waals surface area contributed by atoms with E-state index in [4.69, 9.17) is 4.74 Å². The second-order valence-electron chi connectivity index (χ2n) is 4.75. The van der Waals surface area contributed by atoms with Gasteiger partial charge in [-0.3, -0.25) is 4.79 Å². The first kappa shape index (κ1) is 10.3. The Hall–Kier alpha value is -0.790. The molecule has 0 saturated heterocycles. The maximum absolute atomic E-state index is 10.8. The van der Waals surface area contributed by atoms with Crippen molar-refractivity contribution in [3.05, 3.63) is 11.8 Å². The fraction of sp³-hybridized carbons (Fsp3) is 0.727. The summed E-state index contributed by atoms with van der Waals surface area (Å²) in [5.74, 6) is 1.14. The third-order valence-corrected chi connectivity index (χ3v) is 2.27. The molecule has 0 saturated carbocycles. The molecule has 1 unspecified atom stereocenters. The number of carbonyl (C=O) groups is 1. The molecular weight excluding hydrogens is 164 g/mol. The molecule has 74 valence electrons. The van der Waals surface area contributed by atoms with E-state index in [2.05, 4.69) is 26.8 Å². The number of esters is 1. The van der Waals surface area contributed by atoms with Gasteiger partial charge in [0.2, 0.25) is 0 Å². The van der Waals surface area contributed by atoms with Gasteiger partial charge in [0.25, 0.3) is 0 Å². The average Bonchev–Trinajstić information content (AvgIpc) is 1.78. The number of carbonyl (C=O) groups excluding carboxylic acids is 1. The second kappa shape index (κ2) is 3.52. The lowest BCUT2D eigenvalue weighted by molar-refractivity contribution is -0.137. The minimum Gasteiger partial charge on any atom is -0.432 e. The van der Waals surface area contributed by atoms with E-state index in [0.717, 1.165) is 18.6 Å². The molecule has 0 bridgehead atoms. The molecule has 0 spiro atoms. The predicted molar refractivity (Wildman–Crippen MR) is 52.0 cm³/mol. The van der Waals surface area contributed by atoms with Crippen LogP contribution in [0.15, 0.2) is 11.8 Å². The maximum atomic E-state index is 10.8. The summed E-state index contributed by atoms with van der Waals surface area (Å²) in [6.45, 7) is 8.03. The summed E-state index contributed by atoms with van der Waals surface area (Å²) in [7, 11) is 0. The summed E-state index contributed by atoms with van der Waals surface area (Å²) in [5.41, 5.74) is 0.263. The van der Waals surface area contributed by atoms with Crippen LogP contribution >= 0.6 is 0 Å². The van der Waals surface area contributed by atoms with Gasteiger partial charge in [0.05, 0.1) is 0 Å². The highest BCUT2D eigenvalue weighted by Crippen LogP contribution is 2.38. The van der Waals surface area contributed by atoms with Crippen molar-refractivity contribution in [3.63, 3.8) is 0 Å². The molecule has 13 heavy (non-hydrogen) atoms. The second-order valence-corrected chi connectivity index (χ2v) is 4.75. The Morgan fingerprint density at radius 2 is 2.23 bits per heavy atom. The molecule has 2 nitrogen and oxygen atoms in total. The first-order valence-electron chi connectivity index (χ1n) is 4.78. The zero-order chi connectivity index (χ0) is 10.1. The number of hydrogen-bond acceptors (Lipinski definition) is 2. The number of ether oxygens (including phenoxy) is 1. The lowest BCUT2D eigenvalue weighted by Crippen LogP contribution is -2.22. The maximum Gasteiger partial charge on any atom is 0.307 e. The number of hydrogen-bond donors (Lipinski definition) is 0. The summed E-state index contributed by atoms with van der Waals surface area (Å²) in [6.07, 6.45) is 4.10. The van der Waals surface area contributed by atoms with E-state index in [1.54, 1.807) is 0 Å². The summed E-state index contributed by atoms with van der Waals surface area (Å²) in [4.78, 5) is 10.8. The van der Waals surface area contributed by atoms with Crippen molar-refractivity contribution >= 4 is 5.97 Å². The van der Waals surface area contributed by atoms with Crippen LogP contribution in [0.1, 0.15) is 40.5 Å². The fourth-order valence-electron chi connectivity index (χ4n) is 2.11. The lowest BCUT2D eigenvalue weighted by atomic mass is 9.76. The van der Waals surface area contributed by atoms with Gasteiger partial charge in [-0.1, -0.05) is 20.8 Å². The number of rotatable bonds is 1. The van der Waals surface area contributed by atoms with Crippen molar-refractivity contribution in [3.8, 4) is 0 Å². The Labute approximate surface area is 80.0 Å². The molecule has 0 fully saturated rings. The van der Waals surface area contributed by atoms with Crippen LogP contribution in [0.3, 0.4) is 0 Å². The van der Waals surface area contributed by atoms with E-state index in [1.165, 1.54) is 6.92 Å². The number of allylic oxidation sites excluding steroid dienone is 2. The van der Waals surface area contributed by atoms with Crippen molar-refractivity contribution in [1.29, 1.82) is 0 Å². The molecule has 0 heterocycles. The molecule has 2 heteroatoms. The van der Waals surface area contributed by atoms with Crippen LogP contribution in [0.5, 0.6) is 0 Å². The lowest BCUT2D eigenvalue weighted by Gasteiger charge is -2.32. The quantitative estimate of drug-likeness (QED) is 0.583. The summed E-state index contributed by atoms with van der Waals surface area (Å²) in [5, 5.41) is 0. The molecular formula is C11H18O2. The molecule has 0 aromatic heterocycles. The Balaban J connectivity index is 2.69. The van der Waals surface area contributed by atoms with Gasteiger partial charge in [0, 0.05) is 13.3 Å². The molecule has 1 aliphatic rings. The predicted octanol–water partition coefficient (Wildman–Crippen LogP) is 2.89. The van der Waals surface area contributed by atoms with Crippen LogP contribution in [0, 0.1) is 11.3 Å². The van der Waals surface area contributed by atoms with Gasteiger partial charge >= 0.3 is 5.97 Å². The van der Waals surface area contributed by atoms with Crippen LogP contribution in [-0.2, 0) is 9.53 Å². The third kappa shape index (κ3) is 3.21. The van der Waals surface area contributed by atoms with Crippen LogP contribution in [-0.4, -0.2) is 5.97 Å². The van der Waals surface area contributed by atoms with Crippen LogP contribution in [0.25, 0.3) is 0 Å². The Morgan fingerprint density at radius 3 is 2.69 bits per heavy atom. The Kier molecular flexibility index (Phi) is 2.79. The van der Waals surface area contributed by atoms with Crippen molar-refractivity contribution in [2.24, 2.45) is 11.3 Å². The van der Waals surface area contributed by atoms with Crippen molar-refractivity contribution in [2.45, 2.75) is 40.5 Å². The minimum absolute atomic E-state index is 0.212. The van der Waals surface area contributed by atoms with Gasteiger partial charge in [0.1, 0.15) is 5.76 Å². The highest BCUT2D eigenvalue weighted by Gasteiger charge is 2.27. The fourth-order valence-corrected chi connectivity index (χ4v) is 2.11. The molecule has 1 rings (SSSR count). The topological polar surface area (TPSA) is 26.3 Å². The van der Waals surface area contributed by atoms with Crippen LogP contribution in [0.2, 0.25) is 0 Å². The largest absolute Gasteiger partial charge is 0.432 e. The molecule has 0 aromatic rings. The zero-order valence-electron chi connectivity index (χ0n) is 8.89. The van der Waals surface area contributed by atoms with Gasteiger partial charge in [-0.05, 0) is 23.8 Å². The minimum atomic E-state index is -0.212. The summed E-state index contributed by atoms with van der Waals surface area (Å²) < 4.78 is 5.12. The van der Waals surface area contributed by atoms with Gasteiger partial charge in [-0.2, -0.15) is 0 Å². The van der Waals surface area contributed by atoms with Crippen molar-refractivity contribution in [1.82, 2.24) is 0 Å². The van der Waals surface area contributed by atoms with Crippen molar-refractivity contribution in [2.75, 3.05) is 0 Å². The van der Waals surface area contributed by atoms with Gasteiger partial charge < -0.3 is 4.74 Å². The molecule has 0 aliphatic heterocycles. The molecule has 0 amide bonds. The molecule has 1 atom stereocenters. The van der Waals surface area contributed by atoms with Crippen LogP contribution < -0.4 is 0 Å². The SMILES string of the molecule is CC(=O)OC1=CC(C)CC(C)(C)C1. The van der Waals surface area contributed by atoms with E-state index in [-0.39, 0.29) is 11.4 Å². The summed E-state index contributed by atoms with van der Waals surface area (Å²) >= 11 is 0. The Morgan fingerprint density at radius 1 is 1.62 bits per heavy atom. The van der Waals surface area contributed by atoms with E-state index in [9.17, 15) is 4.79 Å². The monoisotopic (exact) mass is 182 g/mol. The molecule has 0 radical (unpaired) electrons. The van der Waals surface area contributed by atoms with Gasteiger partial charge in [-0.25, -0.2) is 0 Å². The zero-order valence-corrected chi connectivity index (χ0v) is 8.89. The van der Waals surface area contributed by atoms with E-state index in [1.807, 2.05) is 0 Å². The Bertz CT molecular complexity index is 238. The first-order chi connectivity index (χ1) is 5.89.